The van der Waals surface area contributed by atoms with E-state index in [-0.39, 0.29) is 18.2 Å². The third kappa shape index (κ3) is 5.43. The number of hydrazone groups is 1. The van der Waals surface area contributed by atoms with E-state index in [1.165, 1.54) is 0 Å². The van der Waals surface area contributed by atoms with Crippen molar-refractivity contribution in [3.8, 4) is 0 Å². The van der Waals surface area contributed by atoms with Gasteiger partial charge in [0, 0.05) is 11.3 Å². The van der Waals surface area contributed by atoms with Crippen LogP contribution in [0.3, 0.4) is 0 Å². The normalized spacial score (nSPS) is 11.1. The number of nitrogens with one attached hydrogen (secondary N) is 2. The van der Waals surface area contributed by atoms with Gasteiger partial charge in [-0.15, -0.1) is 0 Å². The lowest BCUT2D eigenvalue weighted by molar-refractivity contribution is -0.120. The first-order chi connectivity index (χ1) is 11.0. The van der Waals surface area contributed by atoms with E-state index in [0.717, 1.165) is 5.56 Å². The number of nitrogens with zero attached hydrogens (tertiary/aromatic N) is 1. The van der Waals surface area contributed by atoms with Gasteiger partial charge in [0.05, 0.1) is 19.2 Å². The molecule has 0 aliphatic carbocycles. The van der Waals surface area contributed by atoms with Crippen LogP contribution in [0.2, 0.25) is 0 Å². The Morgan fingerprint density at radius 1 is 1.17 bits per heavy atom. The number of rotatable bonds is 6. The zero-order chi connectivity index (χ0) is 16.7. The number of furan rings is 1. The molecule has 1 heterocycles. The molecule has 0 saturated carbocycles. The van der Waals surface area contributed by atoms with Crippen LogP contribution in [0.15, 0.2) is 52.2 Å². The molecule has 0 saturated heterocycles. The summed E-state index contributed by atoms with van der Waals surface area (Å²) in [6.45, 7) is 3.96. The average Bonchev–Trinajstić information content (AvgIpc) is 3.05. The standard InChI is InChI=1S/C17H19N3O3/c1-12-5-7-14(8-6-12)17(22)20-19-13(2)10-16(21)18-11-15-4-3-9-23-15/h3-9H,10-11H2,1-2H3,(H,18,21)(H,20,22)/b19-13-. The molecule has 0 aliphatic heterocycles. The van der Waals surface area contributed by atoms with Crippen molar-refractivity contribution in [3.05, 3.63) is 59.5 Å². The number of hydrogen-bond donors (Lipinski definition) is 2. The van der Waals surface area contributed by atoms with Crippen LogP contribution < -0.4 is 10.7 Å². The van der Waals surface area contributed by atoms with Crippen molar-refractivity contribution in [2.75, 3.05) is 0 Å². The highest BCUT2D eigenvalue weighted by molar-refractivity contribution is 6.01. The molecule has 2 rings (SSSR count). The first-order valence-corrected chi connectivity index (χ1v) is 7.24. The molecule has 0 fully saturated rings. The highest BCUT2D eigenvalue weighted by atomic mass is 16.3. The quantitative estimate of drug-likeness (QED) is 0.634. The van der Waals surface area contributed by atoms with Gasteiger partial charge in [-0.25, -0.2) is 5.43 Å². The molecule has 0 spiro atoms. The van der Waals surface area contributed by atoms with Gasteiger partial charge in [-0.3, -0.25) is 9.59 Å². The fraction of sp³-hybridized carbons (Fsp3) is 0.235. The smallest absolute Gasteiger partial charge is 0.271 e. The first-order valence-electron chi connectivity index (χ1n) is 7.24. The molecule has 0 bridgehead atoms. The van der Waals surface area contributed by atoms with Crippen LogP contribution >= 0.6 is 0 Å². The first kappa shape index (κ1) is 16.5. The van der Waals surface area contributed by atoms with Crippen LogP contribution in [0.25, 0.3) is 0 Å². The van der Waals surface area contributed by atoms with Gasteiger partial charge in [-0.2, -0.15) is 5.10 Å². The summed E-state index contributed by atoms with van der Waals surface area (Å²) in [5.41, 5.74) is 4.56. The summed E-state index contributed by atoms with van der Waals surface area (Å²) in [6.07, 6.45) is 1.66. The summed E-state index contributed by atoms with van der Waals surface area (Å²) >= 11 is 0. The third-order valence-electron chi connectivity index (χ3n) is 3.12. The number of aryl methyl sites for hydroxylation is 1. The lowest BCUT2D eigenvalue weighted by atomic mass is 10.1. The lowest BCUT2D eigenvalue weighted by Crippen LogP contribution is -2.26. The number of amides is 2. The minimum Gasteiger partial charge on any atom is -0.467 e. The second-order valence-electron chi connectivity index (χ2n) is 5.19. The summed E-state index contributed by atoms with van der Waals surface area (Å²) in [7, 11) is 0. The van der Waals surface area contributed by atoms with E-state index in [1.54, 1.807) is 37.5 Å². The Kier molecular flexibility index (Phi) is 5.68. The largest absolute Gasteiger partial charge is 0.467 e. The van der Waals surface area contributed by atoms with Crippen molar-refractivity contribution in [2.45, 2.75) is 26.8 Å². The van der Waals surface area contributed by atoms with Crippen molar-refractivity contribution in [3.63, 3.8) is 0 Å². The zero-order valence-corrected chi connectivity index (χ0v) is 13.1. The van der Waals surface area contributed by atoms with Gasteiger partial charge < -0.3 is 9.73 Å². The van der Waals surface area contributed by atoms with Gasteiger partial charge in [0.2, 0.25) is 5.91 Å². The van der Waals surface area contributed by atoms with Crippen LogP contribution in [-0.2, 0) is 11.3 Å². The van der Waals surface area contributed by atoms with Crippen molar-refractivity contribution >= 4 is 17.5 Å². The van der Waals surface area contributed by atoms with Crippen molar-refractivity contribution < 1.29 is 14.0 Å². The molecule has 0 atom stereocenters. The minimum absolute atomic E-state index is 0.106. The molecule has 0 aliphatic rings. The molecule has 0 unspecified atom stereocenters. The van der Waals surface area contributed by atoms with E-state index >= 15 is 0 Å². The van der Waals surface area contributed by atoms with E-state index in [0.29, 0.717) is 23.6 Å². The maximum absolute atomic E-state index is 11.9. The van der Waals surface area contributed by atoms with Crippen LogP contribution in [0.1, 0.15) is 35.0 Å². The van der Waals surface area contributed by atoms with Crippen molar-refractivity contribution in [1.29, 1.82) is 0 Å². The van der Waals surface area contributed by atoms with E-state index in [9.17, 15) is 9.59 Å². The monoisotopic (exact) mass is 313 g/mol. The van der Waals surface area contributed by atoms with E-state index < -0.39 is 0 Å². The Labute approximate surface area is 134 Å². The third-order valence-corrected chi connectivity index (χ3v) is 3.12. The molecular weight excluding hydrogens is 294 g/mol. The molecule has 1 aromatic heterocycles. The molecular formula is C17H19N3O3. The van der Waals surface area contributed by atoms with Gasteiger partial charge in [0.25, 0.3) is 5.91 Å². The van der Waals surface area contributed by atoms with Crippen molar-refractivity contribution in [2.24, 2.45) is 5.10 Å². The molecule has 6 heteroatoms. The van der Waals surface area contributed by atoms with Crippen LogP contribution in [0.5, 0.6) is 0 Å². The second kappa shape index (κ2) is 7.93. The summed E-state index contributed by atoms with van der Waals surface area (Å²) in [4.78, 5) is 23.7. The van der Waals surface area contributed by atoms with Gasteiger partial charge >= 0.3 is 0 Å². The highest BCUT2D eigenvalue weighted by Gasteiger charge is 2.07. The minimum atomic E-state index is -0.305. The Balaban J connectivity index is 1.79. The Bertz CT molecular complexity index is 688. The van der Waals surface area contributed by atoms with E-state index in [1.807, 2.05) is 19.1 Å². The van der Waals surface area contributed by atoms with Gasteiger partial charge in [-0.1, -0.05) is 17.7 Å². The maximum atomic E-state index is 11.9. The molecule has 1 aromatic carbocycles. The topological polar surface area (TPSA) is 83.7 Å². The average molecular weight is 313 g/mol. The predicted octanol–water partition coefficient (Wildman–Crippen LogP) is 2.40. The summed E-state index contributed by atoms with van der Waals surface area (Å²) < 4.78 is 5.12. The SMILES string of the molecule is C/C(CC(=O)NCc1ccco1)=N/NC(=O)c1ccc(C)cc1. The molecule has 6 nitrogen and oxygen atoms in total. The lowest BCUT2D eigenvalue weighted by Gasteiger charge is -2.04. The van der Waals surface area contributed by atoms with Gasteiger partial charge in [0.15, 0.2) is 0 Å². The molecule has 23 heavy (non-hydrogen) atoms. The molecule has 120 valence electrons. The van der Waals surface area contributed by atoms with Crippen molar-refractivity contribution in [1.82, 2.24) is 10.7 Å². The summed E-state index contributed by atoms with van der Waals surface area (Å²) in [6, 6.07) is 10.7. The van der Waals surface area contributed by atoms with Crippen LogP contribution in [0, 0.1) is 6.92 Å². The number of benzene rings is 1. The maximum Gasteiger partial charge on any atom is 0.271 e. The predicted molar refractivity (Wildman–Crippen MR) is 86.9 cm³/mol. The number of carbonyl (C=O) groups excluding carboxylic acids is 2. The van der Waals surface area contributed by atoms with E-state index in [2.05, 4.69) is 15.8 Å². The fourth-order valence-corrected chi connectivity index (χ4v) is 1.85. The van der Waals surface area contributed by atoms with Gasteiger partial charge in [0.1, 0.15) is 5.76 Å². The molecule has 2 aromatic rings. The van der Waals surface area contributed by atoms with Gasteiger partial charge in [-0.05, 0) is 38.1 Å². The Hall–Kier alpha value is -2.89. The number of carbonyl (C=O) groups is 2. The fourth-order valence-electron chi connectivity index (χ4n) is 1.85. The number of hydrogen-bond acceptors (Lipinski definition) is 4. The van der Waals surface area contributed by atoms with Crippen LogP contribution in [-0.4, -0.2) is 17.5 Å². The molecule has 2 amide bonds. The summed E-state index contributed by atoms with van der Waals surface area (Å²) in [5.74, 6) is 0.188. The Morgan fingerprint density at radius 3 is 2.57 bits per heavy atom. The van der Waals surface area contributed by atoms with E-state index in [4.69, 9.17) is 4.42 Å². The summed E-state index contributed by atoms with van der Waals surface area (Å²) in [5, 5.41) is 6.66. The van der Waals surface area contributed by atoms with Crippen LogP contribution in [0.4, 0.5) is 0 Å². The zero-order valence-electron chi connectivity index (χ0n) is 13.1. The Morgan fingerprint density at radius 2 is 1.91 bits per heavy atom. The highest BCUT2D eigenvalue weighted by Crippen LogP contribution is 2.03. The second-order valence-corrected chi connectivity index (χ2v) is 5.19. The molecule has 2 N–H and O–H groups in total. The molecule has 0 radical (unpaired) electrons.